The lowest BCUT2D eigenvalue weighted by atomic mass is 10.0. The van der Waals surface area contributed by atoms with Crippen molar-refractivity contribution >= 4 is 7.26 Å². The Morgan fingerprint density at radius 2 is 0.417 bits per heavy atom. The maximum atomic E-state index is 2.37. The van der Waals surface area contributed by atoms with Crippen LogP contribution in [-0.4, -0.2) is 24.6 Å². The van der Waals surface area contributed by atoms with Crippen molar-refractivity contribution in [3.05, 3.63) is 0 Å². The van der Waals surface area contributed by atoms with Crippen LogP contribution in [-0.2, 0) is 0 Å². The van der Waals surface area contributed by atoms with Crippen LogP contribution in [0.25, 0.3) is 0 Å². The van der Waals surface area contributed by atoms with Crippen LogP contribution in [0.1, 0.15) is 195 Å². The van der Waals surface area contributed by atoms with E-state index in [4.69, 9.17) is 0 Å². The van der Waals surface area contributed by atoms with Crippen molar-refractivity contribution in [1.29, 1.82) is 0 Å². The molecule has 0 rings (SSSR count). The second-order valence-electron chi connectivity index (χ2n) is 12.0. The summed E-state index contributed by atoms with van der Waals surface area (Å²) in [5.41, 5.74) is 0. The number of rotatable bonds is 30. The first-order valence-electron chi connectivity index (χ1n) is 17.1. The van der Waals surface area contributed by atoms with Gasteiger partial charge in [0.15, 0.2) is 0 Å². The summed E-state index contributed by atoms with van der Waals surface area (Å²) in [5.74, 6) is 0. The Morgan fingerprint density at radius 1 is 0.250 bits per heavy atom. The average Bonchev–Trinajstić information content (AvgIpc) is 2.87. The van der Waals surface area contributed by atoms with E-state index in [9.17, 15) is 0 Å². The molecule has 0 spiro atoms. The molecule has 0 unspecified atom stereocenters. The third-order valence-corrected chi connectivity index (χ3v) is 13.5. The maximum Gasteiger partial charge on any atom is 0.0594 e. The standard InChI is InChI=1S/C34H72P.ClH/c1-5-9-13-17-18-19-20-21-22-23-24-25-26-30-34-35(31-27-14-10-6-2,32-28-15-11-7-3)33-29-16-12-8-4;/h5-34H2,1-4H3;1H/q+1;/p-1. The van der Waals surface area contributed by atoms with Gasteiger partial charge in [0.1, 0.15) is 0 Å². The molecule has 0 amide bonds. The van der Waals surface area contributed by atoms with Gasteiger partial charge in [-0.15, -0.1) is 0 Å². The zero-order chi connectivity index (χ0) is 25.7. The first-order valence-corrected chi connectivity index (χ1v) is 19.6. The summed E-state index contributed by atoms with van der Waals surface area (Å²) in [6.07, 6.45) is 45.1. The molecule has 0 aromatic rings. The molecule has 0 radical (unpaired) electrons. The van der Waals surface area contributed by atoms with Gasteiger partial charge in [0.25, 0.3) is 0 Å². The zero-order valence-corrected chi connectivity index (χ0v) is 27.7. The SMILES string of the molecule is CCCCCCCCCCCCCCCC[P+](CCCCCC)(CCCCCC)CCCCCC.[Cl-]. The van der Waals surface area contributed by atoms with Gasteiger partial charge in [0, 0.05) is 7.26 Å². The maximum absolute atomic E-state index is 2.37. The van der Waals surface area contributed by atoms with Gasteiger partial charge in [-0.25, -0.2) is 0 Å². The Bertz CT molecular complexity index is 352. The highest BCUT2D eigenvalue weighted by molar-refractivity contribution is 7.75. The van der Waals surface area contributed by atoms with Crippen LogP contribution < -0.4 is 12.4 Å². The van der Waals surface area contributed by atoms with Crippen molar-refractivity contribution in [3.63, 3.8) is 0 Å². The van der Waals surface area contributed by atoms with Gasteiger partial charge in [-0.1, -0.05) is 143 Å². The van der Waals surface area contributed by atoms with E-state index in [0.29, 0.717) is 0 Å². The topological polar surface area (TPSA) is 0 Å². The Hall–Kier alpha value is 0.720. The quantitative estimate of drug-likeness (QED) is 0.0620. The second kappa shape index (κ2) is 31.9. The smallest absolute Gasteiger partial charge is 0.0594 e. The van der Waals surface area contributed by atoms with E-state index in [1.54, 1.807) is 50.3 Å². The molecule has 0 aromatic carbocycles. The molecule has 0 bridgehead atoms. The molecule has 0 atom stereocenters. The van der Waals surface area contributed by atoms with Gasteiger partial charge in [0.2, 0.25) is 0 Å². The fraction of sp³-hybridized carbons (Fsp3) is 1.00. The van der Waals surface area contributed by atoms with Crippen LogP contribution in [0.5, 0.6) is 0 Å². The summed E-state index contributed by atoms with van der Waals surface area (Å²) >= 11 is 0. The molecule has 36 heavy (non-hydrogen) atoms. The predicted molar refractivity (Wildman–Crippen MR) is 169 cm³/mol. The highest BCUT2D eigenvalue weighted by Crippen LogP contribution is 2.61. The minimum atomic E-state index is -0.701. The Kier molecular flexibility index (Phi) is 34.5. The summed E-state index contributed by atoms with van der Waals surface area (Å²) in [5, 5.41) is 0. The highest BCUT2D eigenvalue weighted by Gasteiger charge is 2.34. The van der Waals surface area contributed by atoms with Crippen molar-refractivity contribution < 1.29 is 12.4 Å². The number of halogens is 1. The molecule has 0 fully saturated rings. The van der Waals surface area contributed by atoms with Crippen molar-refractivity contribution in [2.75, 3.05) is 24.6 Å². The lowest BCUT2D eigenvalue weighted by Crippen LogP contribution is -3.00. The fourth-order valence-electron chi connectivity index (χ4n) is 5.93. The lowest BCUT2D eigenvalue weighted by Gasteiger charge is -2.28. The summed E-state index contributed by atoms with van der Waals surface area (Å²) in [6.45, 7) is 9.42. The monoisotopic (exact) mass is 547 g/mol. The van der Waals surface area contributed by atoms with Gasteiger partial charge in [-0.05, 0) is 51.4 Å². The third kappa shape index (κ3) is 26.3. The first-order chi connectivity index (χ1) is 17.2. The minimum absolute atomic E-state index is 0. The van der Waals surface area contributed by atoms with E-state index in [-0.39, 0.29) is 12.4 Å². The first kappa shape index (κ1) is 38.9. The van der Waals surface area contributed by atoms with E-state index in [0.717, 1.165) is 0 Å². The molecule has 0 aliphatic rings. The fourth-order valence-corrected chi connectivity index (χ4v) is 10.9. The van der Waals surface area contributed by atoms with E-state index in [1.165, 1.54) is 141 Å². The summed E-state index contributed by atoms with van der Waals surface area (Å²) in [6, 6.07) is 0. The minimum Gasteiger partial charge on any atom is -1.00 e. The van der Waals surface area contributed by atoms with Gasteiger partial charge < -0.3 is 12.4 Å². The molecule has 220 valence electrons. The van der Waals surface area contributed by atoms with Gasteiger partial charge in [0.05, 0.1) is 24.6 Å². The molecule has 0 aliphatic carbocycles. The second-order valence-corrected chi connectivity index (χ2v) is 16.5. The lowest BCUT2D eigenvalue weighted by molar-refractivity contribution is -0.00000799. The van der Waals surface area contributed by atoms with Crippen molar-refractivity contribution in [1.82, 2.24) is 0 Å². The molecule has 0 nitrogen and oxygen atoms in total. The van der Waals surface area contributed by atoms with Crippen LogP contribution >= 0.6 is 7.26 Å². The largest absolute Gasteiger partial charge is 1.00 e. The average molecular weight is 547 g/mol. The third-order valence-electron chi connectivity index (χ3n) is 8.44. The molecular weight excluding hydrogens is 475 g/mol. The van der Waals surface area contributed by atoms with Gasteiger partial charge >= 0.3 is 0 Å². The summed E-state index contributed by atoms with van der Waals surface area (Å²) < 4.78 is 0. The van der Waals surface area contributed by atoms with Gasteiger partial charge in [-0.3, -0.25) is 0 Å². The Balaban J connectivity index is 0. The van der Waals surface area contributed by atoms with E-state index < -0.39 is 7.26 Å². The number of hydrogen-bond donors (Lipinski definition) is 0. The molecule has 0 aliphatic heterocycles. The van der Waals surface area contributed by atoms with Crippen molar-refractivity contribution in [2.24, 2.45) is 0 Å². The van der Waals surface area contributed by atoms with Crippen LogP contribution in [0.2, 0.25) is 0 Å². The van der Waals surface area contributed by atoms with Crippen LogP contribution in [0.3, 0.4) is 0 Å². The summed E-state index contributed by atoms with van der Waals surface area (Å²) in [7, 11) is -0.701. The normalized spacial score (nSPS) is 11.7. The highest BCUT2D eigenvalue weighted by atomic mass is 35.5. The van der Waals surface area contributed by atoms with E-state index >= 15 is 0 Å². The summed E-state index contributed by atoms with van der Waals surface area (Å²) in [4.78, 5) is 0. The predicted octanol–water partition coefficient (Wildman–Crippen LogP) is 10.2. The molecule has 0 aromatic heterocycles. The van der Waals surface area contributed by atoms with Crippen molar-refractivity contribution in [2.45, 2.75) is 195 Å². The molecule has 0 saturated heterocycles. The number of unbranched alkanes of at least 4 members (excludes halogenated alkanes) is 22. The molecule has 0 heterocycles. The molecule has 0 N–H and O–H groups in total. The molecule has 0 saturated carbocycles. The number of hydrogen-bond acceptors (Lipinski definition) is 0. The Morgan fingerprint density at radius 3 is 0.639 bits per heavy atom. The van der Waals surface area contributed by atoms with Crippen LogP contribution in [0.4, 0.5) is 0 Å². The van der Waals surface area contributed by atoms with Crippen molar-refractivity contribution in [3.8, 4) is 0 Å². The molecular formula is C34H72ClP. The van der Waals surface area contributed by atoms with E-state index in [1.807, 2.05) is 0 Å². The molecule has 2 heteroatoms. The van der Waals surface area contributed by atoms with Crippen LogP contribution in [0.15, 0.2) is 0 Å². The van der Waals surface area contributed by atoms with E-state index in [2.05, 4.69) is 27.7 Å². The Labute approximate surface area is 238 Å². The van der Waals surface area contributed by atoms with Gasteiger partial charge in [-0.2, -0.15) is 0 Å². The van der Waals surface area contributed by atoms with Crippen LogP contribution in [0, 0.1) is 0 Å². The zero-order valence-electron chi connectivity index (χ0n) is 26.0.